The zero-order valence-corrected chi connectivity index (χ0v) is 49.2. The predicted molar refractivity (Wildman–Crippen MR) is 316 cm³/mol. The number of likely N-dealkylation sites (N-methyl/N-ethyl adjacent to an activating group) is 1. The molecular weight excluding hydrogens is 1150 g/mol. The van der Waals surface area contributed by atoms with Crippen molar-refractivity contribution in [2.45, 2.75) is 92.8 Å². The highest BCUT2D eigenvalue weighted by Gasteiger charge is 2.34. The van der Waals surface area contributed by atoms with E-state index in [2.05, 4.69) is 65.6 Å². The first-order valence-corrected chi connectivity index (χ1v) is 28.6. The van der Waals surface area contributed by atoms with Gasteiger partial charge in [0.25, 0.3) is 0 Å². The number of hydrogen-bond acceptors (Lipinski definition) is 16. The van der Waals surface area contributed by atoms with Gasteiger partial charge >= 0.3 is 12.1 Å². The van der Waals surface area contributed by atoms with E-state index < -0.39 is 36.9 Å². The topological polar surface area (TPSA) is 235 Å². The molecule has 0 aliphatic carbocycles. The third-order valence-electron chi connectivity index (χ3n) is 14.2. The van der Waals surface area contributed by atoms with Gasteiger partial charge in [0.2, 0.25) is 23.7 Å². The van der Waals surface area contributed by atoms with Gasteiger partial charge in [-0.15, -0.1) is 0 Å². The molecule has 2 amide bonds. The quantitative estimate of drug-likeness (QED) is 0.0325. The van der Waals surface area contributed by atoms with Crippen molar-refractivity contribution in [2.75, 3.05) is 55.5 Å². The zero-order chi connectivity index (χ0) is 62.1. The van der Waals surface area contributed by atoms with Crippen molar-refractivity contribution in [3.05, 3.63) is 150 Å². The Labute approximate surface area is 503 Å². The van der Waals surface area contributed by atoms with Crippen LogP contribution in [0.5, 0.6) is 11.5 Å². The molecule has 1 aliphatic rings. The lowest BCUT2D eigenvalue weighted by molar-refractivity contribution is -0.691. The standard InChI is InChI=1S/C61H64F5N17O5/c1-7-20-87-50-16-14-42(23-47(50)62)54-37(4)25-68-58(75-54)72-44-26-70-81(30-44)34-53(85)83-19-22-86-35-49(83)57-39(6)56(43-15-17-51(48(63)24-43)88-21-18-61(64,65)66)76-59(77-57)73-45-27-71-82(32-45)36-79-29-38(5)55(41-12-10-40(8-2)11-13-41)78-60(79)74-46-28-69-80(31-46)33-52(84)67-9-3/h10-17,23-32,49H,7-9,18-22,33-36H2,1-6H3,(H3,67,68,72,73,75,76,77,84)/p+1. The van der Waals surface area contributed by atoms with Gasteiger partial charge in [0.1, 0.15) is 18.8 Å². The van der Waals surface area contributed by atoms with E-state index in [9.17, 15) is 27.2 Å². The van der Waals surface area contributed by atoms with Crippen LogP contribution in [0.25, 0.3) is 33.8 Å². The van der Waals surface area contributed by atoms with E-state index in [1.807, 2.05) is 50.6 Å². The van der Waals surface area contributed by atoms with Crippen LogP contribution in [-0.4, -0.2) is 117 Å². The molecule has 1 aliphatic heterocycles. The van der Waals surface area contributed by atoms with E-state index in [0.29, 0.717) is 64.2 Å². The average Bonchev–Trinajstić information content (AvgIpc) is 1.27. The Morgan fingerprint density at radius 2 is 1.30 bits per heavy atom. The van der Waals surface area contributed by atoms with Gasteiger partial charge in [-0.25, -0.2) is 43.3 Å². The summed E-state index contributed by atoms with van der Waals surface area (Å²) in [5.74, 6) is -1.46. The fourth-order valence-electron chi connectivity index (χ4n) is 9.86. The summed E-state index contributed by atoms with van der Waals surface area (Å²) in [5.41, 5.74) is 8.32. The molecule has 4 N–H and O–H groups in total. The number of carbonyl (C=O) groups excluding carboxylic acids is 2. The Morgan fingerprint density at radius 3 is 1.95 bits per heavy atom. The molecular formula is C61H65F5N17O5+. The maximum Gasteiger partial charge on any atom is 0.398 e. The van der Waals surface area contributed by atoms with E-state index in [-0.39, 0.29) is 86.0 Å². The summed E-state index contributed by atoms with van der Waals surface area (Å²) in [5, 5.41) is 26.0. The Bertz CT molecular complexity index is 3950. The van der Waals surface area contributed by atoms with Gasteiger partial charge in [0.15, 0.2) is 35.5 Å². The van der Waals surface area contributed by atoms with Crippen LogP contribution >= 0.6 is 0 Å². The van der Waals surface area contributed by atoms with Crippen molar-refractivity contribution in [1.82, 2.24) is 64.5 Å². The van der Waals surface area contributed by atoms with Crippen LogP contribution in [-0.2, 0) is 40.5 Å². The second kappa shape index (κ2) is 27.2. The minimum absolute atomic E-state index is 0.0248. The van der Waals surface area contributed by atoms with Crippen LogP contribution in [0.3, 0.4) is 0 Å². The van der Waals surface area contributed by atoms with Gasteiger partial charge in [0.05, 0.1) is 105 Å². The van der Waals surface area contributed by atoms with Gasteiger partial charge in [-0.3, -0.25) is 19.0 Å². The summed E-state index contributed by atoms with van der Waals surface area (Å²) >= 11 is 0. The molecule has 0 radical (unpaired) electrons. The number of aromatic nitrogens is 12. The Balaban J connectivity index is 0.917. The molecule has 10 rings (SSSR count). The summed E-state index contributed by atoms with van der Waals surface area (Å²) in [6, 6.07) is 15.9. The molecule has 0 saturated carbocycles. The number of benzene rings is 3. The Kier molecular flexibility index (Phi) is 18.9. The van der Waals surface area contributed by atoms with Gasteiger partial charge in [-0.1, -0.05) is 43.1 Å². The smallest absolute Gasteiger partial charge is 0.398 e. The lowest BCUT2D eigenvalue weighted by atomic mass is 10.00. The molecule has 3 aromatic carbocycles. The number of aryl methyl sites for hydroxylation is 3. The molecule has 0 bridgehead atoms. The fraction of sp³-hybridized carbons (Fsp3) is 0.328. The van der Waals surface area contributed by atoms with Crippen LogP contribution < -0.4 is 35.3 Å². The van der Waals surface area contributed by atoms with Crippen molar-refractivity contribution in [1.29, 1.82) is 0 Å². The van der Waals surface area contributed by atoms with Gasteiger partial charge in [0, 0.05) is 47.7 Å². The summed E-state index contributed by atoms with van der Waals surface area (Å²) < 4.78 is 93.0. The third-order valence-corrected chi connectivity index (χ3v) is 14.2. The molecule has 6 aromatic heterocycles. The number of rotatable bonds is 24. The van der Waals surface area contributed by atoms with Crippen LogP contribution in [0, 0.1) is 32.4 Å². The zero-order valence-electron chi connectivity index (χ0n) is 49.2. The van der Waals surface area contributed by atoms with E-state index in [1.165, 1.54) is 39.3 Å². The van der Waals surface area contributed by atoms with Crippen LogP contribution in [0.1, 0.15) is 67.6 Å². The molecule has 88 heavy (non-hydrogen) atoms. The molecule has 22 nitrogen and oxygen atoms in total. The SMILES string of the molecule is CCCOc1ccc(-c2nc(Nc3cnn(CC(=O)N4CCOCC4c4nc(Nc5cnn(C[n+]6cc(C)c(-c7ccc(CC)cc7)nc6Nc6cnn(CC(=O)NCC)c6)c5)nc(-c5ccc(OCCC(F)(F)F)c(F)c5)c4C)c3)ncc2C)cc1F. The molecule has 1 atom stereocenters. The molecule has 7 heterocycles. The number of alkyl halides is 3. The molecule has 1 saturated heterocycles. The third kappa shape index (κ3) is 15.0. The number of nitrogens with zero attached hydrogens (tertiary/aromatic N) is 13. The number of anilines is 6. The van der Waals surface area contributed by atoms with Crippen molar-refractivity contribution in [2.24, 2.45) is 0 Å². The second-order valence-electron chi connectivity index (χ2n) is 20.9. The lowest BCUT2D eigenvalue weighted by Gasteiger charge is -2.36. The first-order valence-electron chi connectivity index (χ1n) is 28.6. The van der Waals surface area contributed by atoms with E-state index >= 15 is 4.39 Å². The predicted octanol–water partition coefficient (Wildman–Crippen LogP) is 9.90. The number of morpholine rings is 1. The highest BCUT2D eigenvalue weighted by Crippen LogP contribution is 2.36. The normalized spacial score (nSPS) is 13.4. The summed E-state index contributed by atoms with van der Waals surface area (Å²) in [7, 11) is 0. The second-order valence-corrected chi connectivity index (χ2v) is 20.9. The number of nitrogens with one attached hydrogen (secondary N) is 4. The summed E-state index contributed by atoms with van der Waals surface area (Å²) in [6.45, 7) is 11.9. The minimum atomic E-state index is -4.50. The summed E-state index contributed by atoms with van der Waals surface area (Å²) in [6.07, 6.45) is 9.17. The van der Waals surface area contributed by atoms with Crippen LogP contribution in [0.15, 0.2) is 110 Å². The first-order chi connectivity index (χ1) is 42.4. The monoisotopic (exact) mass is 1210 g/mol. The van der Waals surface area contributed by atoms with Crippen LogP contribution in [0.2, 0.25) is 0 Å². The molecule has 1 unspecified atom stereocenters. The van der Waals surface area contributed by atoms with Crippen LogP contribution in [0.4, 0.5) is 56.9 Å². The Morgan fingerprint density at radius 1 is 0.693 bits per heavy atom. The fourth-order valence-corrected chi connectivity index (χ4v) is 9.86. The number of ether oxygens (including phenoxy) is 3. The van der Waals surface area contributed by atoms with Crippen molar-refractivity contribution < 1.29 is 50.3 Å². The average molecular weight is 1210 g/mol. The van der Waals surface area contributed by atoms with Crippen molar-refractivity contribution in [3.63, 3.8) is 0 Å². The van der Waals surface area contributed by atoms with Gasteiger partial charge < -0.3 is 35.1 Å². The summed E-state index contributed by atoms with van der Waals surface area (Å²) in [4.78, 5) is 52.5. The molecule has 1 fully saturated rings. The van der Waals surface area contributed by atoms with Crippen molar-refractivity contribution in [3.8, 4) is 45.3 Å². The number of hydrogen-bond donors (Lipinski definition) is 4. The van der Waals surface area contributed by atoms with E-state index in [4.69, 9.17) is 29.2 Å². The number of carbonyl (C=O) groups is 2. The highest BCUT2D eigenvalue weighted by atomic mass is 19.4. The van der Waals surface area contributed by atoms with Gasteiger partial charge in [-0.2, -0.15) is 28.5 Å². The minimum Gasteiger partial charge on any atom is -0.491 e. The number of amides is 2. The highest BCUT2D eigenvalue weighted by molar-refractivity contribution is 5.78. The molecule has 0 spiro atoms. The van der Waals surface area contributed by atoms with E-state index in [0.717, 1.165) is 35.7 Å². The van der Waals surface area contributed by atoms with Crippen molar-refractivity contribution >= 4 is 46.7 Å². The molecule has 458 valence electrons. The van der Waals surface area contributed by atoms with E-state index in [1.54, 1.807) is 65.8 Å². The maximum atomic E-state index is 15.8. The Hall–Kier alpha value is -9.92. The van der Waals surface area contributed by atoms with Gasteiger partial charge in [-0.05, 0) is 93.6 Å². The lowest BCUT2D eigenvalue weighted by Crippen LogP contribution is -2.45. The molecule has 9 aromatic rings. The first kappa shape index (κ1) is 61.2. The molecule has 27 heteroatoms. The largest absolute Gasteiger partial charge is 0.491 e. The number of halogens is 5. The maximum absolute atomic E-state index is 15.8.